The van der Waals surface area contributed by atoms with Crippen molar-refractivity contribution in [3.8, 4) is 0 Å². The van der Waals surface area contributed by atoms with Crippen molar-refractivity contribution in [2.75, 3.05) is 0 Å². The summed E-state index contributed by atoms with van der Waals surface area (Å²) in [6.07, 6.45) is 0. The minimum absolute atomic E-state index is 0.193. The molecule has 8 heavy (non-hydrogen) atoms. The normalized spacial score (nSPS) is 9.75. The largest absolute Gasteiger partial charge is 0.289 e. The second-order valence-electron chi connectivity index (χ2n) is 1.00. The Morgan fingerprint density at radius 1 is 1.12 bits per heavy atom. The zero-order valence-electron chi connectivity index (χ0n) is 3.48. The van der Waals surface area contributed by atoms with Gasteiger partial charge in [0.05, 0.1) is 5.77 Å². The van der Waals surface area contributed by atoms with Gasteiger partial charge in [-0.15, -0.1) is 0 Å². The van der Waals surface area contributed by atoms with Gasteiger partial charge >= 0.3 is 0 Å². The van der Waals surface area contributed by atoms with Crippen LogP contribution in [-0.4, -0.2) is 0 Å². The molecule has 0 aliphatic carbocycles. The van der Waals surface area contributed by atoms with E-state index in [4.69, 9.17) is 0 Å². The minimum Gasteiger partial charge on any atom is -0.265 e. The Labute approximate surface area is 81.4 Å². The Bertz CT molecular complexity index is 215. The molecule has 0 spiro atoms. The first-order valence-electron chi connectivity index (χ1n) is 1.65. The quantitative estimate of drug-likeness (QED) is 0.642. The Balaban J connectivity index is 3.35. The standard InChI is InChI=1S/C3I2OS2/c4-1-2(5)8-3(6)7-1. The molecule has 1 aromatic rings. The smallest absolute Gasteiger partial charge is 0.265 e. The van der Waals surface area contributed by atoms with E-state index in [0.717, 1.165) is 5.77 Å². The Hall–Kier alpha value is 1.31. The fraction of sp³-hybridized carbons (Fsp3) is 0. The van der Waals surface area contributed by atoms with Gasteiger partial charge in [-0.1, -0.05) is 22.7 Å². The van der Waals surface area contributed by atoms with Crippen molar-refractivity contribution < 1.29 is 0 Å². The lowest BCUT2D eigenvalue weighted by Crippen LogP contribution is -1.73. The maximum Gasteiger partial charge on any atom is 0.289 e. The number of rotatable bonds is 0. The van der Waals surface area contributed by atoms with Crippen LogP contribution < -0.4 is 4.06 Å². The lowest BCUT2D eigenvalue weighted by atomic mass is 11.2. The number of hydrogen-bond donors (Lipinski definition) is 0. The van der Waals surface area contributed by atoms with Crippen molar-refractivity contribution in [2.45, 2.75) is 0 Å². The van der Waals surface area contributed by atoms with E-state index in [2.05, 4.69) is 45.2 Å². The SMILES string of the molecule is O=c1sc(I)c(I)s1. The van der Waals surface area contributed by atoms with E-state index in [1.165, 1.54) is 22.7 Å². The van der Waals surface area contributed by atoms with Gasteiger partial charge in [-0.25, -0.2) is 0 Å². The van der Waals surface area contributed by atoms with Gasteiger partial charge in [-0.2, -0.15) is 0 Å². The molecule has 0 aliphatic rings. The maximum atomic E-state index is 10.5. The Kier molecular flexibility index (Phi) is 2.72. The van der Waals surface area contributed by atoms with Crippen molar-refractivity contribution in [1.29, 1.82) is 0 Å². The highest BCUT2D eigenvalue weighted by molar-refractivity contribution is 14.1. The lowest BCUT2D eigenvalue weighted by Gasteiger charge is -1.72. The van der Waals surface area contributed by atoms with Gasteiger partial charge < -0.3 is 0 Å². The summed E-state index contributed by atoms with van der Waals surface area (Å²) in [4.78, 5) is 10.5. The van der Waals surface area contributed by atoms with E-state index in [1.54, 1.807) is 0 Å². The molecule has 1 nitrogen and oxygen atoms in total. The summed E-state index contributed by atoms with van der Waals surface area (Å²) in [6.45, 7) is 0. The molecule has 1 heterocycles. The molecule has 0 bridgehead atoms. The van der Waals surface area contributed by atoms with E-state index in [-0.39, 0.29) is 4.06 Å². The molecule has 0 saturated carbocycles. The van der Waals surface area contributed by atoms with Crippen molar-refractivity contribution in [1.82, 2.24) is 0 Å². The topological polar surface area (TPSA) is 17.1 Å². The van der Waals surface area contributed by atoms with Crippen molar-refractivity contribution in [3.63, 3.8) is 0 Å². The summed E-state index contributed by atoms with van der Waals surface area (Å²) in [5.74, 6) is 0. The highest BCUT2D eigenvalue weighted by Crippen LogP contribution is 2.20. The summed E-state index contributed by atoms with van der Waals surface area (Å²) in [7, 11) is 0. The third-order valence-electron chi connectivity index (χ3n) is 0.500. The molecule has 0 amide bonds. The van der Waals surface area contributed by atoms with Crippen LogP contribution in [0.25, 0.3) is 0 Å². The molecule has 1 rings (SSSR count). The van der Waals surface area contributed by atoms with Gasteiger partial charge in [0, 0.05) is 0 Å². The van der Waals surface area contributed by atoms with Crippen LogP contribution in [0.5, 0.6) is 0 Å². The molecule has 0 saturated heterocycles. The molecular weight excluding hydrogens is 370 g/mol. The van der Waals surface area contributed by atoms with E-state index in [9.17, 15) is 4.79 Å². The van der Waals surface area contributed by atoms with Crippen LogP contribution in [0.2, 0.25) is 0 Å². The van der Waals surface area contributed by atoms with Crippen LogP contribution in [-0.2, 0) is 0 Å². The Morgan fingerprint density at radius 3 is 1.62 bits per heavy atom. The van der Waals surface area contributed by atoms with Crippen LogP contribution >= 0.6 is 67.9 Å². The van der Waals surface area contributed by atoms with Gasteiger partial charge in [-0.05, 0) is 45.2 Å². The van der Waals surface area contributed by atoms with Crippen molar-refractivity contribution in [2.24, 2.45) is 0 Å². The molecule has 0 N–H and O–H groups in total. The highest BCUT2D eigenvalue weighted by atomic mass is 127. The summed E-state index contributed by atoms with van der Waals surface area (Å²) < 4.78 is 2.41. The fourth-order valence-electron chi connectivity index (χ4n) is 0.247. The zero-order valence-corrected chi connectivity index (χ0v) is 9.43. The van der Waals surface area contributed by atoms with Crippen molar-refractivity contribution >= 4 is 67.9 Å². The number of halogens is 2. The van der Waals surface area contributed by atoms with Crippen LogP contribution in [0.1, 0.15) is 0 Å². The molecule has 44 valence electrons. The first-order valence-corrected chi connectivity index (χ1v) is 5.44. The van der Waals surface area contributed by atoms with Crippen LogP contribution in [0, 0.1) is 5.77 Å². The maximum absolute atomic E-state index is 10.5. The van der Waals surface area contributed by atoms with E-state index in [0.29, 0.717) is 0 Å². The molecule has 0 aliphatic heterocycles. The molecule has 5 heteroatoms. The predicted octanol–water partition coefficient (Wildman–Crippen LogP) is 2.38. The van der Waals surface area contributed by atoms with Crippen molar-refractivity contribution in [3.05, 3.63) is 14.6 Å². The van der Waals surface area contributed by atoms with Gasteiger partial charge in [0.25, 0.3) is 4.06 Å². The summed E-state index contributed by atoms with van der Waals surface area (Å²) in [5.41, 5.74) is 0. The van der Waals surface area contributed by atoms with E-state index >= 15 is 0 Å². The summed E-state index contributed by atoms with van der Waals surface area (Å²) in [6, 6.07) is 0. The summed E-state index contributed by atoms with van der Waals surface area (Å²) >= 11 is 6.96. The third-order valence-corrected chi connectivity index (χ3v) is 6.39. The Morgan fingerprint density at radius 2 is 1.50 bits per heavy atom. The second-order valence-corrected chi connectivity index (χ2v) is 6.85. The first-order chi connectivity index (χ1) is 3.70. The fourth-order valence-corrected chi connectivity index (χ4v) is 4.37. The monoisotopic (exact) mass is 370 g/mol. The lowest BCUT2D eigenvalue weighted by molar-refractivity contribution is 2.06. The van der Waals surface area contributed by atoms with Gasteiger partial charge in [-0.3, -0.25) is 4.79 Å². The van der Waals surface area contributed by atoms with Gasteiger partial charge in [0.2, 0.25) is 0 Å². The third kappa shape index (κ3) is 1.64. The van der Waals surface area contributed by atoms with Crippen LogP contribution in [0.3, 0.4) is 0 Å². The minimum atomic E-state index is 0.193. The van der Waals surface area contributed by atoms with Gasteiger partial charge in [0.15, 0.2) is 0 Å². The molecule has 0 unspecified atom stereocenters. The van der Waals surface area contributed by atoms with E-state index < -0.39 is 0 Å². The first kappa shape index (κ1) is 7.42. The molecular formula is C3I2OS2. The van der Waals surface area contributed by atoms with Crippen LogP contribution in [0.15, 0.2) is 4.79 Å². The van der Waals surface area contributed by atoms with Gasteiger partial charge in [0.1, 0.15) is 0 Å². The molecule has 1 aromatic heterocycles. The second kappa shape index (κ2) is 2.93. The molecule has 0 aromatic carbocycles. The average molecular weight is 370 g/mol. The number of hydrogen-bond acceptors (Lipinski definition) is 3. The van der Waals surface area contributed by atoms with Crippen LogP contribution in [0.4, 0.5) is 0 Å². The van der Waals surface area contributed by atoms with E-state index in [1.807, 2.05) is 0 Å². The molecule has 0 atom stereocenters. The highest BCUT2D eigenvalue weighted by Gasteiger charge is 1.99. The predicted molar refractivity (Wildman–Crippen MR) is 53.9 cm³/mol. The summed E-state index contributed by atoms with van der Waals surface area (Å²) in [5, 5.41) is 0. The molecule has 0 radical (unpaired) electrons. The zero-order chi connectivity index (χ0) is 6.15. The molecule has 0 fully saturated rings. The average Bonchev–Trinajstić information content (AvgIpc) is 1.85.